The number of para-hydroxylation sites is 1. The Labute approximate surface area is 153 Å². The van der Waals surface area contributed by atoms with Crippen molar-refractivity contribution in [2.75, 3.05) is 7.11 Å². The van der Waals surface area contributed by atoms with Crippen LogP contribution in [0.2, 0.25) is 0 Å². The van der Waals surface area contributed by atoms with Crippen molar-refractivity contribution in [3.05, 3.63) is 81.4 Å². The summed E-state index contributed by atoms with van der Waals surface area (Å²) in [6.07, 6.45) is 3.38. The third-order valence-corrected chi connectivity index (χ3v) is 4.49. The topological polar surface area (TPSA) is 101 Å². The zero-order valence-electron chi connectivity index (χ0n) is 14.4. The number of methoxy groups -OCH3 is 1. The predicted molar refractivity (Wildman–Crippen MR) is 103 cm³/mol. The molecule has 0 aliphatic rings. The van der Waals surface area contributed by atoms with E-state index in [4.69, 9.17) is 4.74 Å². The van der Waals surface area contributed by atoms with Crippen LogP contribution in [0.25, 0.3) is 33.2 Å². The fraction of sp³-hybridized carbons (Fsp3) is 0.0500. The van der Waals surface area contributed by atoms with Gasteiger partial charge in [0.15, 0.2) is 0 Å². The van der Waals surface area contributed by atoms with Gasteiger partial charge in [-0.15, -0.1) is 0 Å². The summed E-state index contributed by atoms with van der Waals surface area (Å²) in [4.78, 5) is 27.6. The molecule has 0 aliphatic carbocycles. The van der Waals surface area contributed by atoms with Gasteiger partial charge in [-0.3, -0.25) is 14.9 Å². The first kappa shape index (κ1) is 16.6. The van der Waals surface area contributed by atoms with Crippen molar-refractivity contribution in [2.45, 2.75) is 0 Å². The third-order valence-electron chi connectivity index (χ3n) is 4.49. The first-order valence-electron chi connectivity index (χ1n) is 8.20. The second kappa shape index (κ2) is 6.45. The number of fused-ring (bicyclic) bond motifs is 1. The molecule has 27 heavy (non-hydrogen) atoms. The minimum Gasteiger partial charge on any atom is -0.496 e. The molecule has 7 heteroatoms. The molecule has 0 unspecified atom stereocenters. The van der Waals surface area contributed by atoms with E-state index in [1.54, 1.807) is 7.11 Å². The number of nitrogens with zero attached hydrogens (tertiary/aromatic N) is 1. The molecule has 134 valence electrons. The Balaban J connectivity index is 1.90. The highest BCUT2D eigenvalue weighted by molar-refractivity contribution is 5.99. The fourth-order valence-electron chi connectivity index (χ4n) is 3.16. The van der Waals surface area contributed by atoms with Gasteiger partial charge in [0, 0.05) is 46.1 Å². The molecule has 0 bridgehead atoms. The summed E-state index contributed by atoms with van der Waals surface area (Å²) < 4.78 is 5.46. The molecule has 0 spiro atoms. The maximum Gasteiger partial charge on any atom is 0.334 e. The Morgan fingerprint density at radius 2 is 1.78 bits per heavy atom. The maximum atomic E-state index is 11.6. The average molecular weight is 361 g/mol. The van der Waals surface area contributed by atoms with Crippen LogP contribution in [0.5, 0.6) is 5.75 Å². The number of benzene rings is 2. The quantitative estimate of drug-likeness (QED) is 0.422. The number of pyridine rings is 1. The van der Waals surface area contributed by atoms with Gasteiger partial charge in [-0.25, -0.2) is 0 Å². The van der Waals surface area contributed by atoms with Crippen molar-refractivity contribution in [1.82, 2.24) is 9.97 Å². The first-order valence-corrected chi connectivity index (χ1v) is 8.20. The van der Waals surface area contributed by atoms with Crippen molar-refractivity contribution in [3.63, 3.8) is 0 Å². The van der Waals surface area contributed by atoms with Gasteiger partial charge in [0.05, 0.1) is 12.0 Å². The average Bonchev–Trinajstić information content (AvgIpc) is 3.11. The number of H-pyrrole nitrogens is 2. The van der Waals surface area contributed by atoms with Crippen LogP contribution in [-0.4, -0.2) is 22.0 Å². The van der Waals surface area contributed by atoms with Crippen molar-refractivity contribution in [1.29, 1.82) is 0 Å². The highest BCUT2D eigenvalue weighted by atomic mass is 16.6. The van der Waals surface area contributed by atoms with Gasteiger partial charge in [-0.2, -0.15) is 0 Å². The predicted octanol–water partition coefficient (Wildman–Crippen LogP) is 4.11. The second-order valence-corrected chi connectivity index (χ2v) is 6.02. The molecule has 0 saturated carbocycles. The van der Waals surface area contributed by atoms with Crippen LogP contribution < -0.4 is 10.3 Å². The van der Waals surface area contributed by atoms with Gasteiger partial charge < -0.3 is 14.7 Å². The minimum absolute atomic E-state index is 0.480. The highest BCUT2D eigenvalue weighted by Gasteiger charge is 2.15. The number of nitrogens with one attached hydrogen (secondary N) is 2. The molecule has 0 atom stereocenters. The molecule has 7 nitrogen and oxygen atoms in total. The van der Waals surface area contributed by atoms with E-state index >= 15 is 0 Å². The molecule has 0 radical (unpaired) electrons. The zero-order valence-corrected chi connectivity index (χ0v) is 14.4. The molecule has 4 aromatic rings. The third kappa shape index (κ3) is 2.85. The molecule has 2 N–H and O–H groups in total. The van der Waals surface area contributed by atoms with E-state index in [0.29, 0.717) is 5.56 Å². The van der Waals surface area contributed by atoms with E-state index in [-0.39, 0.29) is 0 Å². The maximum absolute atomic E-state index is 11.6. The Morgan fingerprint density at radius 3 is 2.56 bits per heavy atom. The molecular weight excluding hydrogens is 346 g/mol. The van der Waals surface area contributed by atoms with E-state index in [2.05, 4.69) is 9.97 Å². The summed E-state index contributed by atoms with van der Waals surface area (Å²) in [7, 11) is 1.62. The summed E-state index contributed by atoms with van der Waals surface area (Å²) in [5, 5.41) is 12.0. The summed E-state index contributed by atoms with van der Waals surface area (Å²) in [5.41, 5.74) is 2.96. The van der Waals surface area contributed by atoms with Gasteiger partial charge in [0.25, 0.3) is 0 Å². The second-order valence-electron chi connectivity index (χ2n) is 6.02. The Bertz CT molecular complexity index is 1220. The van der Waals surface area contributed by atoms with Crippen LogP contribution in [0.1, 0.15) is 0 Å². The number of rotatable bonds is 4. The van der Waals surface area contributed by atoms with Gasteiger partial charge in [0.2, 0.25) is 0 Å². The molecule has 2 aromatic carbocycles. The van der Waals surface area contributed by atoms with Crippen molar-refractivity contribution < 1.29 is 9.66 Å². The van der Waals surface area contributed by atoms with E-state index in [9.17, 15) is 14.9 Å². The summed E-state index contributed by atoms with van der Waals surface area (Å²) >= 11 is 0. The van der Waals surface area contributed by atoms with E-state index in [1.165, 1.54) is 12.3 Å². The van der Waals surface area contributed by atoms with Crippen LogP contribution in [0.3, 0.4) is 0 Å². The van der Waals surface area contributed by atoms with E-state index < -0.39 is 16.2 Å². The number of hydrogen-bond donors (Lipinski definition) is 2. The molecule has 0 fully saturated rings. The number of aromatic nitrogens is 2. The lowest BCUT2D eigenvalue weighted by Gasteiger charge is -2.08. The van der Waals surface area contributed by atoms with Crippen LogP contribution in [0.15, 0.2) is 65.7 Å². The lowest BCUT2D eigenvalue weighted by molar-refractivity contribution is -0.386. The summed E-state index contributed by atoms with van der Waals surface area (Å²) in [5.74, 6) is 0.753. The molecule has 0 saturated heterocycles. The highest BCUT2D eigenvalue weighted by Crippen LogP contribution is 2.36. The summed E-state index contributed by atoms with van der Waals surface area (Å²) in [6, 6.07) is 14.7. The molecule has 0 aliphatic heterocycles. The molecule has 2 aromatic heterocycles. The van der Waals surface area contributed by atoms with Crippen molar-refractivity contribution >= 4 is 16.6 Å². The van der Waals surface area contributed by atoms with Gasteiger partial charge >= 0.3 is 11.2 Å². The van der Waals surface area contributed by atoms with Crippen LogP contribution in [0, 0.1) is 10.1 Å². The number of hydrogen-bond acceptors (Lipinski definition) is 4. The Kier molecular flexibility index (Phi) is 3.97. The molecular formula is C20H15N3O4. The molecule has 2 heterocycles. The van der Waals surface area contributed by atoms with Gasteiger partial charge in [0.1, 0.15) is 5.75 Å². The normalized spacial score (nSPS) is 10.9. The SMILES string of the molecule is COc1ccccc1-c1c[nH]c2ccc(-c3c[nH]c(=O)c([N+](=O)[O-])c3)cc12. The zero-order chi connectivity index (χ0) is 19.0. The van der Waals surface area contributed by atoms with E-state index in [1.807, 2.05) is 48.7 Å². The number of ether oxygens (including phenoxy) is 1. The van der Waals surface area contributed by atoms with Crippen molar-refractivity contribution in [3.8, 4) is 28.0 Å². The largest absolute Gasteiger partial charge is 0.496 e. The fourth-order valence-corrected chi connectivity index (χ4v) is 3.16. The standard InChI is InChI=1S/C20H15N3O4/c1-27-19-5-3-2-4-14(19)16-11-21-17-7-6-12(8-15(16)17)13-9-18(23(25)26)20(24)22-10-13/h2-11,21H,1H3,(H,22,24). The van der Waals surface area contributed by atoms with Crippen molar-refractivity contribution in [2.24, 2.45) is 0 Å². The monoisotopic (exact) mass is 361 g/mol. The summed E-state index contributed by atoms with van der Waals surface area (Å²) in [6.45, 7) is 0. The lowest BCUT2D eigenvalue weighted by Crippen LogP contribution is -2.10. The van der Waals surface area contributed by atoms with Crippen LogP contribution >= 0.6 is 0 Å². The molecule has 4 rings (SSSR count). The first-order chi connectivity index (χ1) is 13.1. The molecule has 0 amide bonds. The minimum atomic E-state index is -0.721. The van der Waals surface area contributed by atoms with Crippen LogP contribution in [-0.2, 0) is 0 Å². The number of aromatic amines is 2. The van der Waals surface area contributed by atoms with Gasteiger partial charge in [-0.05, 0) is 23.8 Å². The lowest BCUT2D eigenvalue weighted by atomic mass is 10.00. The smallest absolute Gasteiger partial charge is 0.334 e. The number of nitro groups is 1. The van der Waals surface area contributed by atoms with Crippen LogP contribution in [0.4, 0.5) is 5.69 Å². The Hall–Kier alpha value is -3.87. The van der Waals surface area contributed by atoms with Gasteiger partial charge in [-0.1, -0.05) is 24.3 Å². The Morgan fingerprint density at radius 1 is 0.963 bits per heavy atom. The van der Waals surface area contributed by atoms with E-state index in [0.717, 1.165) is 33.3 Å².